The van der Waals surface area contributed by atoms with E-state index < -0.39 is 10.4 Å². The first-order chi connectivity index (χ1) is 3.56. The van der Waals surface area contributed by atoms with E-state index in [4.69, 9.17) is 9.81 Å². The monoisotopic (exact) mass is 139 g/mol. The molecule has 0 aromatic rings. The van der Waals surface area contributed by atoms with Gasteiger partial charge in [-0.3, -0.25) is 4.55 Å². The zero-order chi connectivity index (χ0) is 6.62. The summed E-state index contributed by atoms with van der Waals surface area (Å²) < 4.78 is 29.6. The number of nitriles is 1. The van der Waals surface area contributed by atoms with Crippen molar-refractivity contribution in [3.8, 4) is 6.26 Å². The molecule has 0 radical (unpaired) electrons. The Kier molecular flexibility index (Phi) is 2.20. The van der Waals surface area contributed by atoms with E-state index in [-0.39, 0.29) is 0 Å². The summed E-state index contributed by atoms with van der Waals surface area (Å²) in [6, 6.07) is 0. The second kappa shape index (κ2) is 2.46. The normalized spacial score (nSPS) is 10.0. The molecule has 0 saturated heterocycles. The van der Waals surface area contributed by atoms with Crippen molar-refractivity contribution >= 4 is 10.4 Å². The predicted molar refractivity (Wildman–Crippen MR) is 19.3 cm³/mol. The largest absolute Gasteiger partial charge is 0.433 e. The number of hydrogen-bond acceptors (Lipinski definition) is 5. The lowest BCUT2D eigenvalue weighted by atomic mass is 11.6. The molecule has 0 bridgehead atoms. The molecular formula is CHNO5S. The van der Waals surface area contributed by atoms with Crippen molar-refractivity contribution in [3.05, 3.63) is 0 Å². The van der Waals surface area contributed by atoms with Gasteiger partial charge in [0.05, 0.1) is 0 Å². The van der Waals surface area contributed by atoms with Crippen molar-refractivity contribution in [2.24, 2.45) is 0 Å². The van der Waals surface area contributed by atoms with Crippen LogP contribution in [0.4, 0.5) is 0 Å². The van der Waals surface area contributed by atoms with Crippen LogP contribution < -0.4 is 0 Å². The van der Waals surface area contributed by atoms with E-state index in [1.54, 1.807) is 0 Å². The molecular weight excluding hydrogens is 138 g/mol. The third-order valence-corrected chi connectivity index (χ3v) is 0.397. The summed E-state index contributed by atoms with van der Waals surface area (Å²) in [6.07, 6.45) is 0.863. The van der Waals surface area contributed by atoms with E-state index in [1.165, 1.54) is 0 Å². The summed E-state index contributed by atoms with van der Waals surface area (Å²) in [5.41, 5.74) is 0. The summed E-state index contributed by atoms with van der Waals surface area (Å²) >= 11 is 0. The minimum absolute atomic E-state index is 0.863. The maximum absolute atomic E-state index is 9.45. The predicted octanol–water partition coefficient (Wildman–Crippen LogP) is -0.782. The molecule has 0 spiro atoms. The van der Waals surface area contributed by atoms with E-state index in [1.807, 2.05) is 0 Å². The highest BCUT2D eigenvalue weighted by molar-refractivity contribution is 7.80. The Bertz CT molecular complexity index is 185. The molecule has 0 amide bonds. The third kappa shape index (κ3) is 5.16. The third-order valence-electron chi connectivity index (χ3n) is 0.157. The molecule has 0 rings (SSSR count). The van der Waals surface area contributed by atoms with Crippen molar-refractivity contribution in [2.75, 3.05) is 0 Å². The zero-order valence-electron chi connectivity index (χ0n) is 3.44. The lowest BCUT2D eigenvalue weighted by Crippen LogP contribution is -2.00. The van der Waals surface area contributed by atoms with E-state index in [2.05, 4.69) is 9.22 Å². The Labute approximate surface area is 45.1 Å². The summed E-state index contributed by atoms with van der Waals surface area (Å²) in [5, 5.41) is 7.46. The van der Waals surface area contributed by atoms with Crippen LogP contribution in [0, 0.1) is 11.5 Å². The fraction of sp³-hybridized carbons (Fsp3) is 0. The Morgan fingerprint density at radius 3 is 2.25 bits per heavy atom. The molecule has 0 atom stereocenters. The first-order valence-corrected chi connectivity index (χ1v) is 2.64. The molecule has 6 nitrogen and oxygen atoms in total. The molecule has 0 aliphatic rings. The Balaban J connectivity index is 3.63. The van der Waals surface area contributed by atoms with Crippen molar-refractivity contribution in [1.82, 2.24) is 0 Å². The SMILES string of the molecule is N#COOS(=O)(=O)O. The lowest BCUT2D eigenvalue weighted by molar-refractivity contribution is -0.138. The van der Waals surface area contributed by atoms with E-state index >= 15 is 0 Å². The quantitative estimate of drug-likeness (QED) is 0.233. The van der Waals surface area contributed by atoms with Crippen LogP contribution in [-0.4, -0.2) is 13.0 Å². The maximum atomic E-state index is 9.45. The van der Waals surface area contributed by atoms with Crippen LogP contribution in [0.5, 0.6) is 0 Å². The molecule has 46 valence electrons. The topological polar surface area (TPSA) is 96.6 Å². The summed E-state index contributed by atoms with van der Waals surface area (Å²) in [5.74, 6) is 0. The minimum Gasteiger partial charge on any atom is -0.261 e. The number of nitrogens with zero attached hydrogens (tertiary/aromatic N) is 1. The van der Waals surface area contributed by atoms with Crippen molar-refractivity contribution in [3.63, 3.8) is 0 Å². The highest BCUT2D eigenvalue weighted by atomic mass is 32.3. The van der Waals surface area contributed by atoms with Crippen molar-refractivity contribution in [2.45, 2.75) is 0 Å². The minimum atomic E-state index is -4.63. The molecule has 0 aromatic carbocycles. The van der Waals surface area contributed by atoms with Crippen LogP contribution in [0.15, 0.2) is 0 Å². The Hall–Kier alpha value is -0.840. The highest BCUT2D eigenvalue weighted by Crippen LogP contribution is 1.83. The van der Waals surface area contributed by atoms with Gasteiger partial charge in [-0.15, -0.1) is 5.26 Å². The van der Waals surface area contributed by atoms with Gasteiger partial charge < -0.3 is 0 Å². The molecule has 0 aliphatic carbocycles. The standard InChI is InChI=1S/CHNO5S/c2-1-6-7-8(3,4)5/h(H,3,4,5). The van der Waals surface area contributed by atoms with E-state index in [0.29, 0.717) is 0 Å². The van der Waals surface area contributed by atoms with Gasteiger partial charge in [0.1, 0.15) is 0 Å². The summed E-state index contributed by atoms with van der Waals surface area (Å²) in [4.78, 5) is 3.17. The van der Waals surface area contributed by atoms with Crippen LogP contribution in [0.2, 0.25) is 0 Å². The molecule has 0 heterocycles. The average Bonchev–Trinajstić information content (AvgIpc) is 1.59. The zero-order valence-corrected chi connectivity index (χ0v) is 4.25. The fourth-order valence-electron chi connectivity index (χ4n) is 0.0582. The lowest BCUT2D eigenvalue weighted by Gasteiger charge is -1.85. The van der Waals surface area contributed by atoms with Crippen LogP contribution in [0.1, 0.15) is 0 Å². The number of hydrogen-bond donors (Lipinski definition) is 1. The molecule has 0 fully saturated rings. The molecule has 0 unspecified atom stereocenters. The molecule has 0 aliphatic heterocycles. The molecule has 1 N–H and O–H groups in total. The van der Waals surface area contributed by atoms with Gasteiger partial charge >= 0.3 is 16.7 Å². The second-order valence-corrected chi connectivity index (χ2v) is 1.66. The van der Waals surface area contributed by atoms with E-state index in [9.17, 15) is 8.42 Å². The Morgan fingerprint density at radius 2 is 2.12 bits per heavy atom. The average molecular weight is 139 g/mol. The summed E-state index contributed by atoms with van der Waals surface area (Å²) in [7, 11) is -4.63. The number of rotatable bonds is 2. The van der Waals surface area contributed by atoms with Gasteiger partial charge in [-0.25, -0.2) is 4.89 Å². The van der Waals surface area contributed by atoms with Gasteiger partial charge in [-0.1, -0.05) is 0 Å². The van der Waals surface area contributed by atoms with Gasteiger partial charge in [0, 0.05) is 0 Å². The van der Waals surface area contributed by atoms with Crippen molar-refractivity contribution in [1.29, 1.82) is 5.26 Å². The highest BCUT2D eigenvalue weighted by Gasteiger charge is 2.03. The van der Waals surface area contributed by atoms with Gasteiger partial charge in [0.25, 0.3) is 0 Å². The Morgan fingerprint density at radius 1 is 1.62 bits per heavy atom. The summed E-state index contributed by atoms with van der Waals surface area (Å²) in [6.45, 7) is 0. The first-order valence-electron chi connectivity index (χ1n) is 1.28. The molecule has 8 heavy (non-hydrogen) atoms. The second-order valence-electron chi connectivity index (χ2n) is 0.670. The van der Waals surface area contributed by atoms with Gasteiger partial charge in [0.15, 0.2) is 0 Å². The van der Waals surface area contributed by atoms with Crippen molar-refractivity contribution < 1.29 is 22.2 Å². The van der Waals surface area contributed by atoms with Crippen LogP contribution in [-0.2, 0) is 19.6 Å². The van der Waals surface area contributed by atoms with Crippen LogP contribution >= 0.6 is 0 Å². The molecule has 7 heteroatoms. The van der Waals surface area contributed by atoms with Gasteiger partial charge in [0.2, 0.25) is 0 Å². The van der Waals surface area contributed by atoms with Crippen LogP contribution in [0.25, 0.3) is 0 Å². The fourth-order valence-corrected chi connectivity index (χ4v) is 0.175. The smallest absolute Gasteiger partial charge is 0.261 e. The first kappa shape index (κ1) is 7.16. The van der Waals surface area contributed by atoms with Gasteiger partial charge in [-0.05, 0) is 4.33 Å². The molecule has 0 saturated carbocycles. The van der Waals surface area contributed by atoms with Gasteiger partial charge in [-0.2, -0.15) is 8.42 Å². The maximum Gasteiger partial charge on any atom is 0.433 e. The van der Waals surface area contributed by atoms with E-state index in [0.717, 1.165) is 6.26 Å². The van der Waals surface area contributed by atoms with Crippen LogP contribution in [0.3, 0.4) is 0 Å². The molecule has 0 aromatic heterocycles.